The third kappa shape index (κ3) is 3.31. The van der Waals surface area contributed by atoms with Crippen molar-refractivity contribution in [3.8, 4) is 0 Å². The van der Waals surface area contributed by atoms with Crippen LogP contribution in [0.3, 0.4) is 0 Å². The van der Waals surface area contributed by atoms with E-state index in [2.05, 4.69) is 19.9 Å². The van der Waals surface area contributed by atoms with Crippen LogP contribution in [0.2, 0.25) is 0 Å². The molecule has 2 heterocycles. The van der Waals surface area contributed by atoms with Gasteiger partial charge in [0, 0.05) is 32.7 Å². The van der Waals surface area contributed by atoms with Gasteiger partial charge >= 0.3 is 0 Å². The summed E-state index contributed by atoms with van der Waals surface area (Å²) in [5.41, 5.74) is 2.61. The maximum Gasteiger partial charge on any atom is 0.105 e. The molecule has 0 spiro atoms. The number of ether oxygens (including phenoxy) is 1. The number of fused-ring (bicyclic) bond motifs is 1. The molecule has 3 fully saturated rings. The molecule has 0 radical (unpaired) electrons. The number of hydrogen-bond donors (Lipinski definition) is 0. The maximum absolute atomic E-state index is 6.07. The van der Waals surface area contributed by atoms with E-state index in [-0.39, 0.29) is 0 Å². The molecule has 126 valence electrons. The fourth-order valence-electron chi connectivity index (χ4n) is 3.80. The predicted octanol–water partition coefficient (Wildman–Crippen LogP) is 2.42. The molecule has 5 nitrogen and oxygen atoms in total. The molecule has 1 unspecified atom stereocenters. The molecule has 0 aromatic carbocycles. The Morgan fingerprint density at radius 2 is 1.65 bits per heavy atom. The normalized spacial score (nSPS) is 28.1. The highest BCUT2D eigenvalue weighted by molar-refractivity contribution is 5.19. The third-order valence-corrected chi connectivity index (χ3v) is 5.90. The van der Waals surface area contributed by atoms with Crippen molar-refractivity contribution in [1.82, 2.24) is 19.9 Å². The smallest absolute Gasteiger partial charge is 0.105 e. The molecule has 1 atom stereocenters. The zero-order valence-corrected chi connectivity index (χ0v) is 14.0. The van der Waals surface area contributed by atoms with E-state index < -0.39 is 0 Å². The zero-order chi connectivity index (χ0) is 15.2. The Morgan fingerprint density at radius 1 is 0.913 bits per heavy atom. The molecule has 5 rings (SSSR count). The van der Waals surface area contributed by atoms with E-state index in [1.54, 1.807) is 0 Å². The van der Waals surface area contributed by atoms with Crippen LogP contribution in [0.4, 0.5) is 0 Å². The fraction of sp³-hybridized carbons (Fsp3) is 0.889. The van der Waals surface area contributed by atoms with Crippen molar-refractivity contribution in [2.75, 3.05) is 26.3 Å². The van der Waals surface area contributed by atoms with Gasteiger partial charge in [0.15, 0.2) is 0 Å². The fourth-order valence-corrected chi connectivity index (χ4v) is 3.80. The van der Waals surface area contributed by atoms with Gasteiger partial charge in [-0.25, -0.2) is 4.68 Å². The second-order valence-corrected chi connectivity index (χ2v) is 8.23. The second-order valence-electron chi connectivity index (χ2n) is 8.23. The lowest BCUT2D eigenvalue weighted by Gasteiger charge is -2.34. The summed E-state index contributed by atoms with van der Waals surface area (Å²) in [4.78, 5) is 2.63. The molecule has 5 heteroatoms. The Morgan fingerprint density at radius 3 is 2.39 bits per heavy atom. The van der Waals surface area contributed by atoms with Gasteiger partial charge in [-0.15, -0.1) is 5.10 Å². The first-order chi connectivity index (χ1) is 11.4. The van der Waals surface area contributed by atoms with Crippen molar-refractivity contribution in [2.24, 2.45) is 17.8 Å². The first-order valence-corrected chi connectivity index (χ1v) is 9.61. The lowest BCUT2D eigenvalue weighted by atomic mass is 10.0. The Balaban J connectivity index is 1.32. The van der Waals surface area contributed by atoms with E-state index in [0.29, 0.717) is 6.04 Å². The molecule has 0 saturated heterocycles. The van der Waals surface area contributed by atoms with Gasteiger partial charge < -0.3 is 4.74 Å². The van der Waals surface area contributed by atoms with Crippen LogP contribution in [-0.2, 0) is 17.7 Å². The van der Waals surface area contributed by atoms with Gasteiger partial charge in [-0.05, 0) is 56.3 Å². The first-order valence-electron chi connectivity index (χ1n) is 9.61. The van der Waals surface area contributed by atoms with Crippen LogP contribution in [0.5, 0.6) is 0 Å². The van der Waals surface area contributed by atoms with Gasteiger partial charge in [0.25, 0.3) is 0 Å². The zero-order valence-electron chi connectivity index (χ0n) is 14.0. The monoisotopic (exact) mass is 316 g/mol. The van der Waals surface area contributed by atoms with Crippen LogP contribution in [0, 0.1) is 17.8 Å². The summed E-state index contributed by atoms with van der Waals surface area (Å²) in [5, 5.41) is 9.10. The molecule has 0 bridgehead atoms. The van der Waals surface area contributed by atoms with Crippen LogP contribution in [0.25, 0.3) is 0 Å². The molecule has 0 amide bonds. The average molecular weight is 316 g/mol. The van der Waals surface area contributed by atoms with Crippen molar-refractivity contribution in [2.45, 2.75) is 57.5 Å². The molecule has 1 aromatic rings. The molecule has 1 aromatic heterocycles. The lowest BCUT2D eigenvalue weighted by Crippen LogP contribution is -2.40. The molecule has 0 N–H and O–H groups in total. The Kier molecular flexibility index (Phi) is 3.66. The van der Waals surface area contributed by atoms with E-state index in [1.807, 2.05) is 0 Å². The minimum Gasteiger partial charge on any atom is -0.379 e. The van der Waals surface area contributed by atoms with Crippen molar-refractivity contribution >= 4 is 0 Å². The van der Waals surface area contributed by atoms with E-state index in [4.69, 9.17) is 4.74 Å². The van der Waals surface area contributed by atoms with Crippen molar-refractivity contribution in [3.05, 3.63) is 11.4 Å². The van der Waals surface area contributed by atoms with E-state index in [1.165, 1.54) is 56.5 Å². The Bertz CT molecular complexity index is 559. The summed E-state index contributed by atoms with van der Waals surface area (Å²) in [5.74, 6) is 2.61. The topological polar surface area (TPSA) is 43.2 Å². The van der Waals surface area contributed by atoms with E-state index in [0.717, 1.165) is 50.5 Å². The average Bonchev–Trinajstić information content (AvgIpc) is 3.39. The van der Waals surface area contributed by atoms with Gasteiger partial charge in [0.1, 0.15) is 5.69 Å². The number of aromatic nitrogens is 3. The standard InChI is InChI=1S/C18H28N4O/c1-2-13(1)9-21-8-7-16-18(17(21)12-23-11-15-5-6-15)19-20-22(16)10-14-3-4-14/h13-15,17H,1-12H2. The summed E-state index contributed by atoms with van der Waals surface area (Å²) >= 11 is 0. The molecular weight excluding hydrogens is 288 g/mol. The number of hydrogen-bond acceptors (Lipinski definition) is 4. The Hall–Kier alpha value is -0.940. The van der Waals surface area contributed by atoms with Gasteiger partial charge in [0.05, 0.1) is 18.3 Å². The highest BCUT2D eigenvalue weighted by Crippen LogP contribution is 2.37. The van der Waals surface area contributed by atoms with Gasteiger partial charge in [-0.2, -0.15) is 0 Å². The predicted molar refractivity (Wildman–Crippen MR) is 87.0 cm³/mol. The quantitative estimate of drug-likeness (QED) is 0.739. The van der Waals surface area contributed by atoms with Crippen LogP contribution < -0.4 is 0 Å². The molecule has 23 heavy (non-hydrogen) atoms. The highest BCUT2D eigenvalue weighted by Gasteiger charge is 2.36. The van der Waals surface area contributed by atoms with Crippen LogP contribution in [0.15, 0.2) is 0 Å². The number of nitrogens with zero attached hydrogens (tertiary/aromatic N) is 4. The molecule has 4 aliphatic rings. The van der Waals surface area contributed by atoms with Crippen LogP contribution >= 0.6 is 0 Å². The second kappa shape index (κ2) is 5.85. The largest absolute Gasteiger partial charge is 0.379 e. The van der Waals surface area contributed by atoms with E-state index in [9.17, 15) is 0 Å². The van der Waals surface area contributed by atoms with Crippen molar-refractivity contribution < 1.29 is 4.74 Å². The SMILES string of the molecule is C1CN(CC2CC2)C(COCC2CC2)c2nnn(CC3CC3)c21. The summed E-state index contributed by atoms with van der Waals surface area (Å²) in [6.45, 7) is 5.21. The van der Waals surface area contributed by atoms with Crippen molar-refractivity contribution in [3.63, 3.8) is 0 Å². The molecule has 1 aliphatic heterocycles. The molecular formula is C18H28N4O. The lowest BCUT2D eigenvalue weighted by molar-refractivity contribution is 0.0439. The van der Waals surface area contributed by atoms with Crippen LogP contribution in [0.1, 0.15) is 56.0 Å². The van der Waals surface area contributed by atoms with Gasteiger partial charge in [-0.3, -0.25) is 4.90 Å². The minimum absolute atomic E-state index is 0.339. The minimum atomic E-state index is 0.339. The summed E-state index contributed by atoms with van der Waals surface area (Å²) in [6, 6.07) is 0.339. The third-order valence-electron chi connectivity index (χ3n) is 5.90. The summed E-state index contributed by atoms with van der Waals surface area (Å²) < 4.78 is 8.27. The van der Waals surface area contributed by atoms with Gasteiger partial charge in [-0.1, -0.05) is 5.21 Å². The van der Waals surface area contributed by atoms with E-state index >= 15 is 0 Å². The maximum atomic E-state index is 6.07. The van der Waals surface area contributed by atoms with Crippen LogP contribution in [-0.4, -0.2) is 46.2 Å². The summed E-state index contributed by atoms with van der Waals surface area (Å²) in [7, 11) is 0. The molecule has 3 aliphatic carbocycles. The Labute approximate surface area is 138 Å². The van der Waals surface area contributed by atoms with Crippen molar-refractivity contribution in [1.29, 1.82) is 0 Å². The molecule has 3 saturated carbocycles. The highest BCUT2D eigenvalue weighted by atomic mass is 16.5. The first kappa shape index (κ1) is 14.4. The number of rotatable bonds is 8. The van der Waals surface area contributed by atoms with Gasteiger partial charge in [0.2, 0.25) is 0 Å². The summed E-state index contributed by atoms with van der Waals surface area (Å²) in [6.07, 6.45) is 9.40.